The van der Waals surface area contributed by atoms with Gasteiger partial charge in [0, 0.05) is 55.5 Å². The van der Waals surface area contributed by atoms with Crippen LogP contribution >= 0.6 is 15.9 Å². The maximum atomic E-state index is 13.6. The minimum absolute atomic E-state index is 0.00829. The zero-order valence-corrected chi connectivity index (χ0v) is 27.9. The molecule has 1 unspecified atom stereocenters. The Morgan fingerprint density at radius 2 is 1.74 bits per heavy atom. The van der Waals surface area contributed by atoms with E-state index in [4.69, 9.17) is 9.84 Å². The van der Waals surface area contributed by atoms with Crippen LogP contribution in [0.3, 0.4) is 0 Å². The average Bonchev–Trinajstić information content (AvgIpc) is 3.36. The van der Waals surface area contributed by atoms with Crippen LogP contribution in [0.2, 0.25) is 0 Å². The molecule has 3 fully saturated rings. The fourth-order valence-corrected chi connectivity index (χ4v) is 8.04. The predicted molar refractivity (Wildman–Crippen MR) is 174 cm³/mol. The average molecular weight is 705 g/mol. The van der Waals surface area contributed by atoms with Crippen molar-refractivity contribution < 1.29 is 27.5 Å². The van der Waals surface area contributed by atoms with Crippen LogP contribution in [0.5, 0.6) is 5.75 Å². The van der Waals surface area contributed by atoms with Gasteiger partial charge in [-0.1, -0.05) is 34.1 Å². The van der Waals surface area contributed by atoms with E-state index in [1.807, 2.05) is 23.9 Å². The third-order valence-electron chi connectivity index (χ3n) is 10.1. The summed E-state index contributed by atoms with van der Waals surface area (Å²) in [4.78, 5) is 29.2. The number of carbonyl (C=O) groups excluding carboxylic acids is 2. The highest BCUT2D eigenvalue weighted by atomic mass is 79.9. The first-order valence-electron chi connectivity index (χ1n) is 16.3. The Labute approximate surface area is 275 Å². The summed E-state index contributed by atoms with van der Waals surface area (Å²) >= 11 is 3.04. The van der Waals surface area contributed by atoms with E-state index < -0.39 is 17.7 Å². The van der Waals surface area contributed by atoms with Crippen LogP contribution in [0.1, 0.15) is 75.5 Å². The van der Waals surface area contributed by atoms with Crippen molar-refractivity contribution >= 4 is 44.3 Å². The number of aromatic nitrogens is 2. The number of amides is 2. The highest BCUT2D eigenvalue weighted by Gasteiger charge is 2.38. The van der Waals surface area contributed by atoms with Gasteiger partial charge in [0.1, 0.15) is 11.3 Å². The zero-order valence-electron chi connectivity index (χ0n) is 26.3. The van der Waals surface area contributed by atoms with E-state index in [-0.39, 0.29) is 28.1 Å². The largest absolute Gasteiger partial charge is 0.490 e. The molecule has 46 heavy (non-hydrogen) atoms. The summed E-state index contributed by atoms with van der Waals surface area (Å²) in [7, 11) is 1.92. The number of hydrogen-bond acceptors (Lipinski definition) is 6. The van der Waals surface area contributed by atoms with Crippen LogP contribution in [-0.2, 0) is 22.8 Å². The molecule has 0 spiro atoms. The zero-order chi connectivity index (χ0) is 32.6. The second-order valence-electron chi connectivity index (χ2n) is 13.0. The fourth-order valence-electron chi connectivity index (χ4n) is 7.47. The summed E-state index contributed by atoms with van der Waals surface area (Å²) in [6, 6.07) is 11.0. The van der Waals surface area contributed by atoms with Crippen molar-refractivity contribution in [3.8, 4) is 5.75 Å². The van der Waals surface area contributed by atoms with E-state index in [0.29, 0.717) is 24.8 Å². The number of halogens is 4. The molecule has 248 valence electrons. The topological polar surface area (TPSA) is 79.7 Å². The van der Waals surface area contributed by atoms with Crippen LogP contribution in [0.15, 0.2) is 40.9 Å². The smallest absolute Gasteiger partial charge is 0.421 e. The van der Waals surface area contributed by atoms with E-state index in [2.05, 4.69) is 44.0 Å². The number of rotatable bonds is 8. The monoisotopic (exact) mass is 703 g/mol. The van der Waals surface area contributed by atoms with Gasteiger partial charge in [-0.25, -0.2) is 0 Å². The fraction of sp³-hybridized carbons (Fsp3) is 0.559. The quantitative estimate of drug-likeness (QED) is 0.260. The van der Waals surface area contributed by atoms with E-state index >= 15 is 0 Å². The number of hydrogen-bond donors (Lipinski definition) is 1. The molecule has 1 N–H and O–H groups in total. The van der Waals surface area contributed by atoms with Gasteiger partial charge in [-0.05, 0) is 76.0 Å². The molecule has 0 radical (unpaired) electrons. The van der Waals surface area contributed by atoms with Crippen molar-refractivity contribution in [3.63, 3.8) is 0 Å². The number of alkyl halides is 3. The number of anilines is 1. The van der Waals surface area contributed by atoms with Gasteiger partial charge in [0.2, 0.25) is 11.8 Å². The Kier molecular flexibility index (Phi) is 9.66. The molecule has 1 aromatic heterocycles. The Bertz CT molecular complexity index is 1580. The third-order valence-corrected chi connectivity index (χ3v) is 10.7. The van der Waals surface area contributed by atoms with Crippen LogP contribution in [0.4, 0.5) is 18.9 Å². The lowest BCUT2D eigenvalue weighted by molar-refractivity contribution is -0.140. The van der Waals surface area contributed by atoms with Crippen LogP contribution in [0, 0.1) is 5.92 Å². The highest BCUT2D eigenvalue weighted by molar-refractivity contribution is 9.10. The second kappa shape index (κ2) is 13.5. The van der Waals surface area contributed by atoms with Gasteiger partial charge in [0.05, 0.1) is 28.9 Å². The first-order chi connectivity index (χ1) is 22.0. The van der Waals surface area contributed by atoms with Crippen molar-refractivity contribution in [1.29, 1.82) is 0 Å². The number of benzene rings is 2. The van der Waals surface area contributed by atoms with E-state index in [9.17, 15) is 22.8 Å². The number of nitrogens with one attached hydrogen (secondary N) is 1. The predicted octanol–water partition coefficient (Wildman–Crippen LogP) is 6.80. The van der Waals surface area contributed by atoms with E-state index in [1.165, 1.54) is 12.1 Å². The third kappa shape index (κ3) is 6.93. The normalized spacial score (nSPS) is 23.9. The summed E-state index contributed by atoms with van der Waals surface area (Å²) in [6.07, 6.45) is 1.81. The number of para-hydroxylation sites is 1. The van der Waals surface area contributed by atoms with Gasteiger partial charge in [0.15, 0.2) is 0 Å². The van der Waals surface area contributed by atoms with Gasteiger partial charge in [-0.15, -0.1) is 0 Å². The molecule has 2 saturated heterocycles. The number of fused-ring (bicyclic) bond motifs is 1. The Morgan fingerprint density at radius 1 is 1.02 bits per heavy atom. The van der Waals surface area contributed by atoms with E-state index in [1.54, 1.807) is 6.07 Å². The van der Waals surface area contributed by atoms with Crippen molar-refractivity contribution in [2.45, 2.75) is 82.5 Å². The molecule has 3 aromatic rings. The Hall–Kier alpha value is -3.12. The lowest BCUT2D eigenvalue weighted by atomic mass is 9.83. The number of piperidine rings is 1. The number of nitrogens with zero attached hydrogens (tertiary/aromatic N) is 4. The summed E-state index contributed by atoms with van der Waals surface area (Å²) in [5.74, 6) is -0.451. The Balaban J connectivity index is 0.994. The number of imide groups is 1. The molecule has 1 saturated carbocycles. The van der Waals surface area contributed by atoms with Crippen LogP contribution in [-0.4, -0.2) is 64.8 Å². The molecule has 0 bridgehead atoms. The molecule has 6 rings (SSSR count). The molecule has 3 aliphatic rings. The summed E-state index contributed by atoms with van der Waals surface area (Å²) < 4.78 is 48.5. The first-order valence-corrected chi connectivity index (χ1v) is 17.1. The SMILES string of the molecule is C[C@@H](CCC1CCC(Oc2cccc(Br)c2C(F)(F)F)CC1)N1CCN(c2cccc3c(C4CCC(=O)NC4=O)nn(C)c23)CC1. The van der Waals surface area contributed by atoms with Gasteiger partial charge < -0.3 is 9.64 Å². The molecule has 12 heteroatoms. The van der Waals surface area contributed by atoms with Crippen LogP contribution in [0.25, 0.3) is 10.9 Å². The number of carbonyl (C=O) groups is 2. The van der Waals surface area contributed by atoms with Gasteiger partial charge in [-0.3, -0.25) is 24.5 Å². The highest BCUT2D eigenvalue weighted by Crippen LogP contribution is 2.42. The maximum absolute atomic E-state index is 13.6. The standard InChI is InChI=1S/C34H41BrF3N5O3/c1-21(9-10-22-11-13-23(14-12-22)46-28-8-4-6-26(35)30(28)34(36,37)38)42-17-19-43(20-18-42)27-7-3-5-24-31(40-41(2)32(24)27)25-15-16-29(44)39-33(25)45/h3-8,21-23,25H,9-20H2,1-2H3,(H,39,44,45)/t21-,22?,23?,25?/m0/s1. The summed E-state index contributed by atoms with van der Waals surface area (Å²) in [5, 5.41) is 8.17. The molecular formula is C34H41BrF3N5O3. The van der Waals surface area contributed by atoms with E-state index in [0.717, 1.165) is 87.0 Å². The first kappa shape index (κ1) is 32.8. The van der Waals surface area contributed by atoms with Crippen molar-refractivity contribution in [3.05, 3.63) is 52.1 Å². The van der Waals surface area contributed by atoms with Gasteiger partial charge in [-0.2, -0.15) is 18.3 Å². The Morgan fingerprint density at radius 3 is 2.43 bits per heavy atom. The van der Waals surface area contributed by atoms with Gasteiger partial charge in [0.25, 0.3) is 0 Å². The molecule has 2 aliphatic heterocycles. The number of piperazine rings is 1. The molecular weight excluding hydrogens is 663 g/mol. The van der Waals surface area contributed by atoms with Gasteiger partial charge >= 0.3 is 6.18 Å². The van der Waals surface area contributed by atoms with Crippen molar-refractivity contribution in [2.75, 3.05) is 31.1 Å². The van der Waals surface area contributed by atoms with Crippen molar-refractivity contribution in [1.82, 2.24) is 20.0 Å². The lowest BCUT2D eigenvalue weighted by Gasteiger charge is -2.40. The molecule has 3 heterocycles. The summed E-state index contributed by atoms with van der Waals surface area (Å²) in [6.45, 7) is 5.97. The molecule has 1 aliphatic carbocycles. The minimum atomic E-state index is -4.47. The van der Waals surface area contributed by atoms with Crippen molar-refractivity contribution in [2.24, 2.45) is 13.0 Å². The van der Waals surface area contributed by atoms with Crippen LogP contribution < -0.4 is 15.0 Å². The number of aryl methyl sites for hydroxylation is 1. The number of ether oxygens (including phenoxy) is 1. The molecule has 2 aromatic carbocycles. The maximum Gasteiger partial charge on any atom is 0.421 e. The molecule has 2 atom stereocenters. The summed E-state index contributed by atoms with van der Waals surface area (Å²) in [5.41, 5.74) is 2.12. The molecule has 2 amide bonds. The molecule has 8 nitrogen and oxygen atoms in total. The lowest BCUT2D eigenvalue weighted by Crippen LogP contribution is -2.49. The second-order valence-corrected chi connectivity index (χ2v) is 13.9. The minimum Gasteiger partial charge on any atom is -0.490 e.